The second-order valence-corrected chi connectivity index (χ2v) is 7.68. The highest BCUT2D eigenvalue weighted by atomic mass is 31.2. The summed E-state index contributed by atoms with van der Waals surface area (Å²) in [7, 11) is -3.58. The smallest absolute Gasteiger partial charge is 0.345 e. The number of benzene rings is 1. The fourth-order valence-corrected chi connectivity index (χ4v) is 5.20. The molecule has 0 radical (unpaired) electrons. The summed E-state index contributed by atoms with van der Waals surface area (Å²) >= 11 is 0. The van der Waals surface area contributed by atoms with Crippen molar-refractivity contribution in [3.8, 4) is 5.75 Å². The van der Waals surface area contributed by atoms with E-state index in [4.69, 9.17) is 13.8 Å². The molecule has 0 spiro atoms. The quantitative estimate of drug-likeness (QED) is 0.396. The van der Waals surface area contributed by atoms with Gasteiger partial charge in [0.15, 0.2) is 5.66 Å². The van der Waals surface area contributed by atoms with Crippen molar-refractivity contribution in [3.05, 3.63) is 29.8 Å². The van der Waals surface area contributed by atoms with Crippen LogP contribution < -0.4 is 4.74 Å². The van der Waals surface area contributed by atoms with E-state index in [0.717, 1.165) is 24.8 Å². The van der Waals surface area contributed by atoms with Gasteiger partial charge in [0.1, 0.15) is 5.75 Å². The fourth-order valence-electron chi connectivity index (χ4n) is 3.03. The first-order chi connectivity index (χ1) is 11.1. The van der Waals surface area contributed by atoms with Gasteiger partial charge in [-0.15, -0.1) is 0 Å². The van der Waals surface area contributed by atoms with Gasteiger partial charge in [0.2, 0.25) is 0 Å². The number of hydrogen-bond acceptors (Lipinski definition) is 5. The lowest BCUT2D eigenvalue weighted by atomic mass is 9.88. The number of hydrogen-bond donors (Lipinski definition) is 0. The minimum Gasteiger partial charge on any atom is -0.426 e. The van der Waals surface area contributed by atoms with E-state index in [2.05, 4.69) is 6.92 Å². The average Bonchev–Trinajstić information content (AvgIpc) is 2.52. The Hall–Kier alpha value is -1.16. The molecule has 1 heterocycles. The number of fused-ring (bicyclic) bond motifs is 1. The van der Waals surface area contributed by atoms with Crippen LogP contribution in [0.4, 0.5) is 0 Å². The number of carbonyl (C=O) groups excluding carboxylic acids is 1. The van der Waals surface area contributed by atoms with E-state index in [-0.39, 0.29) is 19.1 Å². The molecule has 1 aromatic rings. The van der Waals surface area contributed by atoms with Gasteiger partial charge in [-0.1, -0.05) is 38.0 Å². The Kier molecular flexibility index (Phi) is 6.40. The summed E-state index contributed by atoms with van der Waals surface area (Å²) in [6, 6.07) is 7.43. The predicted octanol–water partition coefficient (Wildman–Crippen LogP) is 4.51. The first-order valence-electron chi connectivity index (χ1n) is 8.26. The number of unbranched alkanes of at least 4 members (excludes halogenated alkanes) is 1. The monoisotopic (exact) mass is 340 g/mol. The topological polar surface area (TPSA) is 61.8 Å². The Labute approximate surface area is 137 Å². The van der Waals surface area contributed by atoms with Crippen LogP contribution >= 0.6 is 7.60 Å². The molecule has 0 unspecified atom stereocenters. The van der Waals surface area contributed by atoms with Crippen LogP contribution in [0.1, 0.15) is 51.5 Å². The molecule has 0 fully saturated rings. The largest absolute Gasteiger partial charge is 0.426 e. The molecule has 0 bridgehead atoms. The lowest BCUT2D eigenvalue weighted by Gasteiger charge is -2.35. The molecule has 23 heavy (non-hydrogen) atoms. The predicted molar refractivity (Wildman–Crippen MR) is 89.0 cm³/mol. The van der Waals surface area contributed by atoms with Crippen LogP contribution in [0, 0.1) is 0 Å². The van der Waals surface area contributed by atoms with Crippen molar-refractivity contribution in [2.45, 2.75) is 51.6 Å². The highest BCUT2D eigenvalue weighted by Crippen LogP contribution is 2.60. The van der Waals surface area contributed by atoms with E-state index in [1.165, 1.54) is 0 Å². The van der Waals surface area contributed by atoms with Gasteiger partial charge in [0.05, 0.1) is 13.2 Å². The van der Waals surface area contributed by atoms with Crippen molar-refractivity contribution < 1.29 is 23.1 Å². The normalized spacial score (nSPS) is 20.9. The minimum absolute atomic E-state index is 0.212. The SMILES string of the molecule is CCCC[C@H]1c2ccccc2OC(=O)[C@@H]1P(=O)(OCC)OCC. The molecule has 1 aliphatic heterocycles. The number of para-hydroxylation sites is 1. The summed E-state index contributed by atoms with van der Waals surface area (Å²) in [6.07, 6.45) is 2.67. The molecule has 2 rings (SSSR count). The molecule has 6 heteroatoms. The molecule has 0 saturated carbocycles. The number of ether oxygens (including phenoxy) is 1. The van der Waals surface area contributed by atoms with E-state index < -0.39 is 19.2 Å². The Morgan fingerprint density at radius 2 is 1.78 bits per heavy atom. The van der Waals surface area contributed by atoms with E-state index in [1.807, 2.05) is 18.2 Å². The van der Waals surface area contributed by atoms with Crippen molar-refractivity contribution in [1.29, 1.82) is 0 Å². The molecule has 5 nitrogen and oxygen atoms in total. The molecule has 0 aliphatic carbocycles. The summed E-state index contributed by atoms with van der Waals surface area (Å²) < 4.78 is 29.5. The van der Waals surface area contributed by atoms with E-state index in [1.54, 1.807) is 19.9 Å². The average molecular weight is 340 g/mol. The van der Waals surface area contributed by atoms with Crippen molar-refractivity contribution in [3.63, 3.8) is 0 Å². The first-order valence-corrected chi connectivity index (χ1v) is 9.88. The third kappa shape index (κ3) is 3.85. The van der Waals surface area contributed by atoms with Gasteiger partial charge in [-0.3, -0.25) is 9.36 Å². The lowest BCUT2D eigenvalue weighted by molar-refractivity contribution is -0.136. The minimum atomic E-state index is -3.58. The van der Waals surface area contributed by atoms with E-state index >= 15 is 0 Å². The second-order valence-electron chi connectivity index (χ2n) is 5.53. The van der Waals surface area contributed by atoms with Crippen LogP contribution in [0.2, 0.25) is 0 Å². The molecule has 2 atom stereocenters. The van der Waals surface area contributed by atoms with Gasteiger partial charge in [0.25, 0.3) is 0 Å². The van der Waals surface area contributed by atoms with Crippen molar-refractivity contribution in [2.24, 2.45) is 0 Å². The fraction of sp³-hybridized carbons (Fsp3) is 0.588. The molecule has 0 N–H and O–H groups in total. The Bertz CT molecular complexity index is 576. The highest BCUT2D eigenvalue weighted by molar-refractivity contribution is 7.55. The zero-order valence-corrected chi connectivity index (χ0v) is 14.9. The van der Waals surface area contributed by atoms with Gasteiger partial charge in [-0.25, -0.2) is 0 Å². The summed E-state index contributed by atoms with van der Waals surface area (Å²) in [4.78, 5) is 12.6. The highest BCUT2D eigenvalue weighted by Gasteiger charge is 2.50. The Balaban J connectivity index is 2.46. The van der Waals surface area contributed by atoms with Gasteiger partial charge < -0.3 is 13.8 Å². The number of rotatable bonds is 8. The summed E-state index contributed by atoms with van der Waals surface area (Å²) in [5.74, 6) is -0.180. The van der Waals surface area contributed by atoms with E-state index in [9.17, 15) is 9.36 Å². The third-order valence-corrected chi connectivity index (χ3v) is 6.47. The molecular weight excluding hydrogens is 315 g/mol. The second kappa shape index (κ2) is 8.09. The molecular formula is C17H25O5P. The number of carbonyl (C=O) groups is 1. The van der Waals surface area contributed by atoms with Crippen LogP contribution in [0.15, 0.2) is 24.3 Å². The maximum absolute atomic E-state index is 13.2. The van der Waals surface area contributed by atoms with E-state index in [0.29, 0.717) is 5.75 Å². The molecule has 0 amide bonds. The number of esters is 1. The summed E-state index contributed by atoms with van der Waals surface area (Å²) in [6.45, 7) is 6.03. The van der Waals surface area contributed by atoms with Crippen molar-refractivity contribution in [1.82, 2.24) is 0 Å². The van der Waals surface area contributed by atoms with Crippen molar-refractivity contribution >= 4 is 13.6 Å². The van der Waals surface area contributed by atoms with Crippen LogP contribution in [-0.4, -0.2) is 24.8 Å². The van der Waals surface area contributed by atoms with Gasteiger partial charge >= 0.3 is 13.6 Å². The summed E-state index contributed by atoms with van der Waals surface area (Å²) in [5.41, 5.74) is 0.00836. The molecule has 0 aromatic heterocycles. The maximum atomic E-state index is 13.2. The zero-order valence-electron chi connectivity index (χ0n) is 14.0. The van der Waals surface area contributed by atoms with Crippen LogP contribution in [0.5, 0.6) is 5.75 Å². The van der Waals surface area contributed by atoms with Crippen LogP contribution in [0.3, 0.4) is 0 Å². The van der Waals surface area contributed by atoms with Crippen LogP contribution in [0.25, 0.3) is 0 Å². The Morgan fingerprint density at radius 3 is 2.39 bits per heavy atom. The molecule has 0 saturated heterocycles. The van der Waals surface area contributed by atoms with Gasteiger partial charge in [0, 0.05) is 5.92 Å². The van der Waals surface area contributed by atoms with Crippen molar-refractivity contribution in [2.75, 3.05) is 13.2 Å². The first kappa shape index (κ1) is 18.2. The third-order valence-electron chi connectivity index (χ3n) is 3.98. The standard InChI is InChI=1S/C17H25O5P/c1-4-7-10-14-13-11-8-9-12-15(13)22-17(18)16(14)23(19,20-5-2)21-6-3/h8-9,11-12,14,16H,4-7,10H2,1-3H3/t14-,16+/m0/s1. The lowest BCUT2D eigenvalue weighted by Crippen LogP contribution is -2.37. The van der Waals surface area contributed by atoms with Crippen LogP contribution in [-0.2, 0) is 18.4 Å². The maximum Gasteiger partial charge on any atom is 0.345 e. The molecule has 1 aromatic carbocycles. The molecule has 1 aliphatic rings. The Morgan fingerprint density at radius 1 is 1.13 bits per heavy atom. The molecule has 128 valence electrons. The summed E-state index contributed by atoms with van der Waals surface area (Å²) in [5, 5.41) is 0. The zero-order chi connectivity index (χ0) is 16.9. The van der Waals surface area contributed by atoms with Gasteiger partial charge in [-0.2, -0.15) is 0 Å². The van der Waals surface area contributed by atoms with Gasteiger partial charge in [-0.05, 0) is 31.9 Å².